The lowest BCUT2D eigenvalue weighted by atomic mass is 10.0. The van der Waals surface area contributed by atoms with E-state index in [0.717, 1.165) is 5.69 Å². The van der Waals surface area contributed by atoms with Gasteiger partial charge in [0.1, 0.15) is 5.82 Å². The highest BCUT2D eigenvalue weighted by molar-refractivity contribution is 5.87. The molecular weight excluding hydrogens is 207 g/mol. The Morgan fingerprint density at radius 2 is 2.19 bits per heavy atom. The third-order valence-electron chi connectivity index (χ3n) is 2.66. The average molecular weight is 218 g/mol. The van der Waals surface area contributed by atoms with Crippen molar-refractivity contribution in [2.24, 2.45) is 7.05 Å². The van der Waals surface area contributed by atoms with Crippen LogP contribution in [-0.4, -0.2) is 15.8 Å². The van der Waals surface area contributed by atoms with Crippen molar-refractivity contribution in [1.29, 1.82) is 0 Å². The van der Waals surface area contributed by atoms with Gasteiger partial charge in [-0.2, -0.15) is 0 Å². The average Bonchev–Trinajstić information content (AvgIpc) is 2.59. The Kier molecular flexibility index (Phi) is 2.56. The van der Waals surface area contributed by atoms with E-state index in [2.05, 4.69) is 4.98 Å². The highest BCUT2D eigenvalue weighted by atomic mass is 19.1. The first-order chi connectivity index (χ1) is 7.65. The second-order valence-electron chi connectivity index (χ2n) is 3.61. The van der Waals surface area contributed by atoms with Gasteiger partial charge in [-0.3, -0.25) is 4.79 Å². The van der Waals surface area contributed by atoms with Gasteiger partial charge in [0.2, 0.25) is 0 Å². The van der Waals surface area contributed by atoms with Crippen LogP contribution in [0.3, 0.4) is 0 Å². The van der Waals surface area contributed by atoms with E-state index in [1.165, 1.54) is 6.07 Å². The molecule has 0 aliphatic carbocycles. The highest BCUT2D eigenvalue weighted by Crippen LogP contribution is 2.25. The highest BCUT2D eigenvalue weighted by Gasteiger charge is 2.13. The molecule has 0 spiro atoms. The number of aryl methyl sites for hydroxylation is 1. The third kappa shape index (κ3) is 1.52. The summed E-state index contributed by atoms with van der Waals surface area (Å²) in [4.78, 5) is 15.0. The summed E-state index contributed by atoms with van der Waals surface area (Å²) in [5.41, 5.74) is 2.13. The lowest BCUT2D eigenvalue weighted by Crippen LogP contribution is -1.95. The largest absolute Gasteiger partial charge is 0.337 e. The van der Waals surface area contributed by atoms with E-state index < -0.39 is 5.82 Å². The molecule has 16 heavy (non-hydrogen) atoms. The minimum Gasteiger partial charge on any atom is -0.337 e. The van der Waals surface area contributed by atoms with Crippen LogP contribution >= 0.6 is 0 Å². The molecule has 0 radical (unpaired) electrons. The van der Waals surface area contributed by atoms with Crippen LogP contribution in [0.15, 0.2) is 24.5 Å². The molecule has 1 heterocycles. The van der Waals surface area contributed by atoms with Crippen LogP contribution in [0.25, 0.3) is 11.3 Å². The maximum atomic E-state index is 13.4. The Bertz CT molecular complexity index is 546. The number of hydrogen-bond acceptors (Lipinski definition) is 2. The van der Waals surface area contributed by atoms with E-state index in [0.29, 0.717) is 17.5 Å². The number of hydrogen-bond donors (Lipinski definition) is 0. The summed E-state index contributed by atoms with van der Waals surface area (Å²) in [6.07, 6.45) is 2.17. The van der Waals surface area contributed by atoms with Crippen LogP contribution in [-0.2, 0) is 7.05 Å². The van der Waals surface area contributed by atoms with Crippen LogP contribution in [0.1, 0.15) is 16.1 Å². The van der Waals surface area contributed by atoms with E-state index in [1.807, 2.05) is 18.5 Å². The monoisotopic (exact) mass is 218 g/mol. The summed E-state index contributed by atoms with van der Waals surface area (Å²) in [7, 11) is 1.85. The lowest BCUT2D eigenvalue weighted by molar-refractivity contribution is 0.112. The molecule has 0 unspecified atom stereocenters. The van der Waals surface area contributed by atoms with E-state index >= 15 is 0 Å². The van der Waals surface area contributed by atoms with Gasteiger partial charge in [-0.05, 0) is 13.0 Å². The van der Waals surface area contributed by atoms with Crippen LogP contribution in [0.2, 0.25) is 0 Å². The molecule has 2 aromatic rings. The fourth-order valence-corrected chi connectivity index (χ4v) is 1.62. The zero-order chi connectivity index (χ0) is 11.7. The van der Waals surface area contributed by atoms with Gasteiger partial charge in [0.05, 0.1) is 17.6 Å². The number of nitrogens with zero attached hydrogens (tertiary/aromatic N) is 2. The first kappa shape index (κ1) is 10.5. The SMILES string of the molecule is Cc1c(-c2cccc(F)c2C=O)ncn1C. The Hall–Kier alpha value is -1.97. The summed E-state index contributed by atoms with van der Waals surface area (Å²) in [6.45, 7) is 1.88. The molecule has 1 aromatic heterocycles. The van der Waals surface area contributed by atoms with E-state index in [4.69, 9.17) is 0 Å². The van der Waals surface area contributed by atoms with Crippen molar-refractivity contribution in [3.8, 4) is 11.3 Å². The molecule has 2 rings (SSSR count). The fraction of sp³-hybridized carbons (Fsp3) is 0.167. The topological polar surface area (TPSA) is 34.9 Å². The van der Waals surface area contributed by atoms with Gasteiger partial charge in [-0.25, -0.2) is 9.37 Å². The molecule has 0 aliphatic rings. The molecule has 0 saturated heterocycles. The summed E-state index contributed by atoms with van der Waals surface area (Å²) in [6, 6.07) is 4.54. The molecule has 0 aliphatic heterocycles. The van der Waals surface area contributed by atoms with Crippen molar-refractivity contribution >= 4 is 6.29 Å². The summed E-state index contributed by atoms with van der Waals surface area (Å²) < 4.78 is 15.2. The molecule has 3 nitrogen and oxygen atoms in total. The van der Waals surface area contributed by atoms with E-state index in [9.17, 15) is 9.18 Å². The first-order valence-corrected chi connectivity index (χ1v) is 4.87. The second kappa shape index (κ2) is 3.89. The van der Waals surface area contributed by atoms with Crippen molar-refractivity contribution < 1.29 is 9.18 Å². The Balaban J connectivity index is 2.69. The maximum Gasteiger partial charge on any atom is 0.153 e. The zero-order valence-electron chi connectivity index (χ0n) is 9.07. The van der Waals surface area contributed by atoms with Gasteiger partial charge < -0.3 is 4.57 Å². The van der Waals surface area contributed by atoms with Gasteiger partial charge in [-0.15, -0.1) is 0 Å². The minimum absolute atomic E-state index is 0.0595. The summed E-state index contributed by atoms with van der Waals surface area (Å²) >= 11 is 0. The first-order valence-electron chi connectivity index (χ1n) is 4.87. The maximum absolute atomic E-state index is 13.4. The van der Waals surface area contributed by atoms with E-state index in [1.54, 1.807) is 18.5 Å². The molecule has 82 valence electrons. The second-order valence-corrected chi connectivity index (χ2v) is 3.61. The Morgan fingerprint density at radius 1 is 1.44 bits per heavy atom. The van der Waals surface area contributed by atoms with Gasteiger partial charge in [0.15, 0.2) is 6.29 Å². The molecular formula is C12H11FN2O. The van der Waals surface area contributed by atoms with Crippen LogP contribution in [0.5, 0.6) is 0 Å². The fourth-order valence-electron chi connectivity index (χ4n) is 1.62. The predicted octanol–water partition coefficient (Wildman–Crippen LogP) is 2.35. The van der Waals surface area contributed by atoms with Crippen LogP contribution in [0.4, 0.5) is 4.39 Å². The molecule has 0 amide bonds. The van der Waals surface area contributed by atoms with Crippen LogP contribution < -0.4 is 0 Å². The Morgan fingerprint density at radius 3 is 2.75 bits per heavy atom. The third-order valence-corrected chi connectivity index (χ3v) is 2.66. The standard InChI is InChI=1S/C12H11FN2O/c1-8-12(14-7-15(8)2)9-4-3-5-11(13)10(9)6-16/h3-7H,1-2H3. The molecule has 0 N–H and O–H groups in total. The molecule has 0 atom stereocenters. The molecule has 0 saturated carbocycles. The molecule has 0 fully saturated rings. The smallest absolute Gasteiger partial charge is 0.153 e. The normalized spacial score (nSPS) is 10.4. The van der Waals surface area contributed by atoms with Gasteiger partial charge in [0.25, 0.3) is 0 Å². The summed E-state index contributed by atoms with van der Waals surface area (Å²) in [5, 5.41) is 0. The molecule has 1 aromatic carbocycles. The number of halogens is 1. The summed E-state index contributed by atoms with van der Waals surface area (Å²) in [5.74, 6) is -0.516. The number of imidazole rings is 1. The molecule has 0 bridgehead atoms. The number of rotatable bonds is 2. The number of aldehydes is 1. The van der Waals surface area contributed by atoms with E-state index in [-0.39, 0.29) is 5.56 Å². The van der Waals surface area contributed by atoms with Crippen molar-refractivity contribution in [1.82, 2.24) is 9.55 Å². The quantitative estimate of drug-likeness (QED) is 0.725. The van der Waals surface area contributed by atoms with Crippen molar-refractivity contribution in [2.75, 3.05) is 0 Å². The van der Waals surface area contributed by atoms with Crippen LogP contribution in [0, 0.1) is 12.7 Å². The van der Waals surface area contributed by atoms with Crippen molar-refractivity contribution in [3.05, 3.63) is 41.6 Å². The molecule has 4 heteroatoms. The minimum atomic E-state index is -0.516. The number of carbonyl (C=O) groups excluding carboxylic acids is 1. The predicted molar refractivity (Wildman–Crippen MR) is 58.7 cm³/mol. The van der Waals surface area contributed by atoms with Gasteiger partial charge in [0, 0.05) is 18.3 Å². The number of carbonyl (C=O) groups is 1. The zero-order valence-corrected chi connectivity index (χ0v) is 9.07. The van der Waals surface area contributed by atoms with Gasteiger partial charge >= 0.3 is 0 Å². The van der Waals surface area contributed by atoms with Crippen molar-refractivity contribution in [3.63, 3.8) is 0 Å². The lowest BCUT2D eigenvalue weighted by Gasteiger charge is -2.04. The van der Waals surface area contributed by atoms with Gasteiger partial charge in [-0.1, -0.05) is 12.1 Å². The van der Waals surface area contributed by atoms with Crippen molar-refractivity contribution in [2.45, 2.75) is 6.92 Å². The number of benzene rings is 1. The Labute approximate surface area is 92.5 Å². The number of aromatic nitrogens is 2.